The van der Waals surface area contributed by atoms with Crippen LogP contribution in [0.1, 0.15) is 46.7 Å². The summed E-state index contributed by atoms with van der Waals surface area (Å²) < 4.78 is 15.9. The van der Waals surface area contributed by atoms with Crippen LogP contribution in [-0.2, 0) is 31.4 Å². The Morgan fingerprint density at radius 1 is 1.07 bits per heavy atom. The topological polar surface area (TPSA) is 78.5 Å². The van der Waals surface area contributed by atoms with E-state index in [1.54, 1.807) is 0 Å². The van der Waals surface area contributed by atoms with Gasteiger partial charge in [-0.15, -0.1) is 0 Å². The van der Waals surface area contributed by atoms with Crippen molar-refractivity contribution >= 4 is 39.2 Å². The summed E-state index contributed by atoms with van der Waals surface area (Å²) in [7, 11) is 1.91. The zero-order valence-electron chi connectivity index (χ0n) is 22.7. The standard InChI is InChI=1S/C32H32ClN3O4/c1-20-28-26(34-35(20)2)19-39-17-6-5-16-36-30-24(14-15-25(33)29(28)30)23(31(36)32(37)38)12-8-18-40-27-13-7-10-21-9-3-4-11-22(21)27/h3-4,7,9-11,13-15H,5-6,8,12,16-19H2,1-2H3,(H,37,38). The molecule has 0 saturated carbocycles. The molecule has 0 atom stereocenters. The van der Waals surface area contributed by atoms with Crippen LogP contribution in [0.4, 0.5) is 0 Å². The van der Waals surface area contributed by atoms with Crippen molar-refractivity contribution in [1.29, 1.82) is 0 Å². The van der Waals surface area contributed by atoms with Crippen LogP contribution < -0.4 is 4.74 Å². The lowest BCUT2D eigenvalue weighted by molar-refractivity contribution is 0.0683. The number of hydrogen-bond acceptors (Lipinski definition) is 4. The first kappa shape index (κ1) is 26.4. The molecule has 40 heavy (non-hydrogen) atoms. The fourth-order valence-electron chi connectivity index (χ4n) is 5.95. The van der Waals surface area contributed by atoms with E-state index in [9.17, 15) is 9.90 Å². The zero-order chi connectivity index (χ0) is 27.8. The van der Waals surface area contributed by atoms with Gasteiger partial charge in [0.15, 0.2) is 0 Å². The third-order valence-corrected chi connectivity index (χ3v) is 8.19. The molecule has 206 valence electrons. The van der Waals surface area contributed by atoms with E-state index in [4.69, 9.17) is 26.2 Å². The Hall–Kier alpha value is -3.81. The smallest absolute Gasteiger partial charge is 0.352 e. The molecule has 0 saturated heterocycles. The Labute approximate surface area is 237 Å². The molecule has 0 spiro atoms. The molecule has 0 radical (unpaired) electrons. The number of aryl methyl sites for hydroxylation is 3. The van der Waals surface area contributed by atoms with Crippen LogP contribution in [0.5, 0.6) is 5.75 Å². The van der Waals surface area contributed by atoms with Gasteiger partial charge in [-0.1, -0.05) is 54.1 Å². The van der Waals surface area contributed by atoms with Gasteiger partial charge >= 0.3 is 5.97 Å². The summed E-state index contributed by atoms with van der Waals surface area (Å²) in [6.07, 6.45) is 2.86. The van der Waals surface area contributed by atoms with Crippen molar-refractivity contribution in [1.82, 2.24) is 14.3 Å². The Kier molecular flexibility index (Phi) is 7.26. The molecule has 0 amide bonds. The minimum atomic E-state index is -0.933. The largest absolute Gasteiger partial charge is 0.493 e. The van der Waals surface area contributed by atoms with Crippen LogP contribution in [0.2, 0.25) is 5.02 Å². The highest BCUT2D eigenvalue weighted by Gasteiger charge is 2.28. The summed E-state index contributed by atoms with van der Waals surface area (Å²) in [5, 5.41) is 18.9. The highest BCUT2D eigenvalue weighted by atomic mass is 35.5. The number of ether oxygens (including phenoxy) is 2. The lowest BCUT2D eigenvalue weighted by atomic mass is 9.98. The quantitative estimate of drug-likeness (QED) is 0.224. The molecular formula is C32H32ClN3O4. The molecule has 3 aromatic carbocycles. The van der Waals surface area contributed by atoms with Gasteiger partial charge in [0.2, 0.25) is 0 Å². The second-order valence-corrected chi connectivity index (χ2v) is 10.7. The SMILES string of the molecule is Cc1c2c(nn1C)COCCCCn1c(C(=O)O)c(CCCOc3cccc4ccccc34)c3ccc(Cl)c-2c31. The number of carboxylic acids is 1. The number of carbonyl (C=O) groups is 1. The lowest BCUT2D eigenvalue weighted by Gasteiger charge is -2.13. The molecule has 6 rings (SSSR count). The average Bonchev–Trinajstić information content (AvgIpc) is 3.40. The first-order chi connectivity index (χ1) is 19.5. The van der Waals surface area contributed by atoms with E-state index in [1.807, 2.05) is 59.6 Å². The molecule has 8 heteroatoms. The summed E-state index contributed by atoms with van der Waals surface area (Å²) in [6.45, 7) is 4.02. The van der Waals surface area contributed by atoms with Crippen LogP contribution in [0.25, 0.3) is 32.8 Å². The maximum Gasteiger partial charge on any atom is 0.352 e. The van der Waals surface area contributed by atoms with E-state index in [-0.39, 0.29) is 0 Å². The van der Waals surface area contributed by atoms with Gasteiger partial charge in [0, 0.05) is 47.8 Å². The van der Waals surface area contributed by atoms with E-state index in [2.05, 4.69) is 18.2 Å². The average molecular weight is 558 g/mol. The van der Waals surface area contributed by atoms with Crippen LogP contribution in [0, 0.1) is 6.92 Å². The van der Waals surface area contributed by atoms with Crippen LogP contribution in [0.3, 0.4) is 0 Å². The van der Waals surface area contributed by atoms with E-state index < -0.39 is 5.97 Å². The summed E-state index contributed by atoms with van der Waals surface area (Å²) in [5.41, 5.74) is 5.51. The predicted octanol–water partition coefficient (Wildman–Crippen LogP) is 7.18. The van der Waals surface area contributed by atoms with Gasteiger partial charge in [-0.3, -0.25) is 4.68 Å². The van der Waals surface area contributed by atoms with Crippen LogP contribution in [-0.4, -0.2) is 38.6 Å². The highest BCUT2D eigenvalue weighted by Crippen LogP contribution is 2.42. The molecule has 5 aromatic rings. The van der Waals surface area contributed by atoms with E-state index >= 15 is 0 Å². The van der Waals surface area contributed by atoms with Gasteiger partial charge < -0.3 is 19.1 Å². The van der Waals surface area contributed by atoms with Crippen molar-refractivity contribution < 1.29 is 19.4 Å². The van der Waals surface area contributed by atoms with Gasteiger partial charge in [0.1, 0.15) is 11.4 Å². The summed E-state index contributed by atoms with van der Waals surface area (Å²) in [4.78, 5) is 12.8. The summed E-state index contributed by atoms with van der Waals surface area (Å²) in [6, 6.07) is 18.0. The van der Waals surface area contributed by atoms with Gasteiger partial charge in [-0.25, -0.2) is 4.79 Å². The Balaban J connectivity index is 1.42. The summed E-state index contributed by atoms with van der Waals surface area (Å²) in [5.74, 6) is -0.0955. The number of halogens is 1. The maximum atomic E-state index is 12.8. The first-order valence-electron chi connectivity index (χ1n) is 13.7. The van der Waals surface area contributed by atoms with E-state index in [1.165, 1.54) is 0 Å². The van der Waals surface area contributed by atoms with Crippen LogP contribution >= 0.6 is 11.6 Å². The Bertz CT molecular complexity index is 1730. The second-order valence-electron chi connectivity index (χ2n) is 10.3. The van der Waals surface area contributed by atoms with E-state index in [0.29, 0.717) is 49.9 Å². The summed E-state index contributed by atoms with van der Waals surface area (Å²) >= 11 is 6.90. The van der Waals surface area contributed by atoms with Crippen molar-refractivity contribution in [2.45, 2.75) is 45.8 Å². The number of aromatic nitrogens is 3. The lowest BCUT2D eigenvalue weighted by Crippen LogP contribution is -2.12. The molecule has 0 fully saturated rings. The normalized spacial score (nSPS) is 13.8. The minimum absolute atomic E-state index is 0.326. The third-order valence-electron chi connectivity index (χ3n) is 7.87. The fraction of sp³-hybridized carbons (Fsp3) is 0.312. The Morgan fingerprint density at radius 3 is 2.75 bits per heavy atom. The Morgan fingerprint density at radius 2 is 1.90 bits per heavy atom. The number of aromatic carboxylic acids is 1. The molecule has 1 aliphatic rings. The molecule has 1 aliphatic heterocycles. The molecule has 0 bridgehead atoms. The molecule has 0 aliphatic carbocycles. The number of nitrogens with zero attached hydrogens (tertiary/aromatic N) is 3. The van der Waals surface area contributed by atoms with Gasteiger partial charge in [-0.2, -0.15) is 5.10 Å². The maximum absolute atomic E-state index is 12.8. The highest BCUT2D eigenvalue weighted by molar-refractivity contribution is 6.35. The van der Waals surface area contributed by atoms with Gasteiger partial charge in [0.05, 0.1) is 29.4 Å². The second kappa shape index (κ2) is 11.0. The zero-order valence-corrected chi connectivity index (χ0v) is 23.5. The number of benzene rings is 3. The van der Waals surface area contributed by atoms with Crippen LogP contribution in [0.15, 0.2) is 54.6 Å². The number of hydrogen-bond donors (Lipinski definition) is 1. The molecule has 3 heterocycles. The van der Waals surface area contributed by atoms with Gasteiger partial charge in [0.25, 0.3) is 0 Å². The monoisotopic (exact) mass is 557 g/mol. The van der Waals surface area contributed by atoms with Crippen molar-refractivity contribution in [3.05, 3.63) is 82.3 Å². The van der Waals surface area contributed by atoms with E-state index in [0.717, 1.165) is 68.3 Å². The first-order valence-corrected chi connectivity index (χ1v) is 14.1. The third kappa shape index (κ3) is 4.63. The molecule has 2 aromatic heterocycles. The molecule has 0 unspecified atom stereocenters. The fourth-order valence-corrected chi connectivity index (χ4v) is 6.20. The predicted molar refractivity (Wildman–Crippen MR) is 158 cm³/mol. The molecule has 1 N–H and O–H groups in total. The molecular weight excluding hydrogens is 526 g/mol. The number of rotatable bonds is 6. The van der Waals surface area contributed by atoms with Crippen molar-refractivity contribution in [3.63, 3.8) is 0 Å². The van der Waals surface area contributed by atoms with Crippen molar-refractivity contribution in [2.75, 3.05) is 13.2 Å². The minimum Gasteiger partial charge on any atom is -0.493 e. The van der Waals surface area contributed by atoms with Gasteiger partial charge in [-0.05, 0) is 55.7 Å². The van der Waals surface area contributed by atoms with Crippen molar-refractivity contribution in [2.24, 2.45) is 7.05 Å². The number of fused-ring (bicyclic) bond motifs is 3. The number of carboxylic acid groups (broad SMARTS) is 1. The van der Waals surface area contributed by atoms with Crippen molar-refractivity contribution in [3.8, 4) is 16.9 Å². The molecule has 7 nitrogen and oxygen atoms in total.